The van der Waals surface area contributed by atoms with Crippen molar-refractivity contribution in [3.63, 3.8) is 0 Å². The fourth-order valence-corrected chi connectivity index (χ4v) is 0.504. The van der Waals surface area contributed by atoms with Gasteiger partial charge >= 0.3 is 5.97 Å². The summed E-state index contributed by atoms with van der Waals surface area (Å²) in [5, 5.41) is 8.02. The highest BCUT2D eigenvalue weighted by Gasteiger charge is 2.34. The van der Waals surface area contributed by atoms with Crippen LogP contribution in [-0.2, 0) is 4.79 Å². The Hall–Kier alpha value is -0.740. The molecule has 0 bridgehead atoms. The van der Waals surface area contributed by atoms with Gasteiger partial charge in [0.25, 0.3) is 5.92 Å². The number of alkyl halides is 3. The number of hydrogen-bond acceptors (Lipinski definition) is 1. The molecule has 0 aromatic heterocycles. The van der Waals surface area contributed by atoms with Crippen LogP contribution in [-0.4, -0.2) is 23.2 Å². The van der Waals surface area contributed by atoms with Gasteiger partial charge in [-0.25, -0.2) is 13.2 Å². The van der Waals surface area contributed by atoms with Crippen LogP contribution >= 0.6 is 0 Å². The maximum Gasteiger partial charge on any atom is 0.303 e. The fourth-order valence-electron chi connectivity index (χ4n) is 0.504. The molecule has 0 amide bonds. The molecule has 0 fully saturated rings. The minimum atomic E-state index is -3.44. The van der Waals surface area contributed by atoms with Crippen LogP contribution in [0, 0.1) is 0 Å². The molecule has 66 valence electrons. The second kappa shape index (κ2) is 3.59. The Balaban J connectivity index is 3.70. The molecule has 0 heterocycles. The Labute approximate surface area is 62.0 Å². The van der Waals surface area contributed by atoms with E-state index in [-0.39, 0.29) is 0 Å². The van der Waals surface area contributed by atoms with Crippen LogP contribution in [0.4, 0.5) is 13.2 Å². The summed E-state index contributed by atoms with van der Waals surface area (Å²) in [7, 11) is 0. The zero-order valence-corrected chi connectivity index (χ0v) is 5.98. The molecule has 0 spiro atoms. The van der Waals surface area contributed by atoms with Gasteiger partial charge in [-0.1, -0.05) is 0 Å². The SMILES string of the molecule is CC(F)(F)C(F)CCC(=O)O. The first-order valence-electron chi connectivity index (χ1n) is 3.07. The van der Waals surface area contributed by atoms with E-state index in [0.717, 1.165) is 0 Å². The molecular weight excluding hydrogens is 161 g/mol. The fraction of sp³-hybridized carbons (Fsp3) is 0.833. The first-order chi connectivity index (χ1) is 4.84. The van der Waals surface area contributed by atoms with Crippen molar-refractivity contribution in [1.82, 2.24) is 0 Å². The summed E-state index contributed by atoms with van der Waals surface area (Å²) in [6.07, 6.45) is -3.57. The van der Waals surface area contributed by atoms with Gasteiger partial charge in [0.15, 0.2) is 6.17 Å². The first kappa shape index (κ1) is 10.3. The van der Waals surface area contributed by atoms with Crippen LogP contribution in [0.1, 0.15) is 19.8 Å². The van der Waals surface area contributed by atoms with Crippen molar-refractivity contribution in [3.05, 3.63) is 0 Å². The molecule has 0 saturated heterocycles. The van der Waals surface area contributed by atoms with Crippen molar-refractivity contribution in [1.29, 1.82) is 0 Å². The van der Waals surface area contributed by atoms with Gasteiger partial charge < -0.3 is 5.11 Å². The predicted molar refractivity (Wildman–Crippen MR) is 32.4 cm³/mol. The van der Waals surface area contributed by atoms with Gasteiger partial charge in [0.2, 0.25) is 0 Å². The van der Waals surface area contributed by atoms with Crippen molar-refractivity contribution < 1.29 is 23.1 Å². The first-order valence-corrected chi connectivity index (χ1v) is 3.07. The zero-order valence-electron chi connectivity index (χ0n) is 5.98. The topological polar surface area (TPSA) is 37.3 Å². The molecule has 5 heteroatoms. The van der Waals surface area contributed by atoms with Crippen molar-refractivity contribution in [2.24, 2.45) is 0 Å². The van der Waals surface area contributed by atoms with Gasteiger partial charge in [-0.05, 0) is 6.42 Å². The molecule has 0 aliphatic carbocycles. The Kier molecular flexibility index (Phi) is 3.35. The van der Waals surface area contributed by atoms with Crippen molar-refractivity contribution >= 4 is 5.97 Å². The number of carboxylic acid groups (broad SMARTS) is 1. The van der Waals surface area contributed by atoms with E-state index in [0.29, 0.717) is 6.92 Å². The lowest BCUT2D eigenvalue weighted by Gasteiger charge is -2.14. The third kappa shape index (κ3) is 4.64. The third-order valence-electron chi connectivity index (χ3n) is 1.16. The minimum Gasteiger partial charge on any atom is -0.481 e. The van der Waals surface area contributed by atoms with E-state index in [2.05, 4.69) is 0 Å². The van der Waals surface area contributed by atoms with Crippen molar-refractivity contribution in [2.75, 3.05) is 0 Å². The minimum absolute atomic E-state index is 0.430. The van der Waals surface area contributed by atoms with Gasteiger partial charge in [0.1, 0.15) is 0 Å². The smallest absolute Gasteiger partial charge is 0.303 e. The quantitative estimate of drug-likeness (QED) is 0.698. The molecule has 2 nitrogen and oxygen atoms in total. The van der Waals surface area contributed by atoms with E-state index >= 15 is 0 Å². The van der Waals surface area contributed by atoms with Crippen LogP contribution in [0.5, 0.6) is 0 Å². The van der Waals surface area contributed by atoms with Gasteiger partial charge in [0.05, 0.1) is 0 Å². The molecule has 1 unspecified atom stereocenters. The van der Waals surface area contributed by atoms with E-state index in [1.54, 1.807) is 0 Å². The summed E-state index contributed by atoms with van der Waals surface area (Å²) in [6.45, 7) is 0.430. The molecule has 0 aliphatic heterocycles. The largest absolute Gasteiger partial charge is 0.481 e. The van der Waals surface area contributed by atoms with Crippen LogP contribution < -0.4 is 0 Å². The molecule has 1 N–H and O–H groups in total. The molecular formula is C6H9F3O2. The highest BCUT2D eigenvalue weighted by molar-refractivity contribution is 5.66. The monoisotopic (exact) mass is 170 g/mol. The third-order valence-corrected chi connectivity index (χ3v) is 1.16. The Bertz CT molecular complexity index is 141. The number of carbonyl (C=O) groups is 1. The van der Waals surface area contributed by atoms with Crippen LogP contribution in [0.2, 0.25) is 0 Å². The summed E-state index contributed by atoms with van der Waals surface area (Å²) in [4.78, 5) is 9.82. The van der Waals surface area contributed by atoms with Gasteiger partial charge in [-0.15, -0.1) is 0 Å². The number of rotatable bonds is 4. The van der Waals surface area contributed by atoms with Gasteiger partial charge in [-0.2, -0.15) is 0 Å². The normalized spacial score (nSPS) is 14.5. The maximum absolute atomic E-state index is 12.3. The number of aliphatic carboxylic acids is 1. The summed E-state index contributed by atoms with van der Waals surface area (Å²) < 4.78 is 36.3. The standard InChI is InChI=1S/C6H9F3O2/c1-6(8,9)4(7)2-3-5(10)11/h4H,2-3H2,1H3,(H,10,11). The van der Waals surface area contributed by atoms with Crippen LogP contribution in [0.25, 0.3) is 0 Å². The lowest BCUT2D eigenvalue weighted by atomic mass is 10.1. The lowest BCUT2D eigenvalue weighted by Crippen LogP contribution is -2.26. The van der Waals surface area contributed by atoms with E-state index in [9.17, 15) is 18.0 Å². The molecule has 0 saturated carbocycles. The molecule has 11 heavy (non-hydrogen) atoms. The molecule has 0 radical (unpaired) electrons. The second-order valence-electron chi connectivity index (χ2n) is 2.36. The Morgan fingerprint density at radius 2 is 2.09 bits per heavy atom. The highest BCUT2D eigenvalue weighted by Crippen LogP contribution is 2.23. The lowest BCUT2D eigenvalue weighted by molar-refractivity contribution is -0.138. The van der Waals surface area contributed by atoms with Crippen molar-refractivity contribution in [2.45, 2.75) is 31.9 Å². The highest BCUT2D eigenvalue weighted by atomic mass is 19.3. The van der Waals surface area contributed by atoms with Crippen LogP contribution in [0.15, 0.2) is 0 Å². The average molecular weight is 170 g/mol. The molecule has 1 atom stereocenters. The van der Waals surface area contributed by atoms with E-state index in [1.807, 2.05) is 0 Å². The van der Waals surface area contributed by atoms with E-state index < -0.39 is 30.9 Å². The number of halogens is 3. The summed E-state index contributed by atoms with van der Waals surface area (Å²) in [5.41, 5.74) is 0. The zero-order chi connectivity index (χ0) is 9.07. The summed E-state index contributed by atoms with van der Waals surface area (Å²) in [5.74, 6) is -4.70. The average Bonchev–Trinajstić information content (AvgIpc) is 1.80. The number of carboxylic acids is 1. The van der Waals surface area contributed by atoms with E-state index in [4.69, 9.17) is 5.11 Å². The molecule has 0 aromatic rings. The molecule has 0 aromatic carbocycles. The van der Waals surface area contributed by atoms with Crippen molar-refractivity contribution in [3.8, 4) is 0 Å². The maximum atomic E-state index is 12.3. The van der Waals surface area contributed by atoms with Crippen LogP contribution in [0.3, 0.4) is 0 Å². The molecule has 0 rings (SSSR count). The summed E-state index contributed by atoms with van der Waals surface area (Å²) >= 11 is 0. The van der Waals surface area contributed by atoms with Gasteiger partial charge in [0, 0.05) is 13.3 Å². The van der Waals surface area contributed by atoms with Gasteiger partial charge in [-0.3, -0.25) is 4.79 Å². The predicted octanol–water partition coefficient (Wildman–Crippen LogP) is 1.84. The van der Waals surface area contributed by atoms with E-state index in [1.165, 1.54) is 0 Å². The Morgan fingerprint density at radius 1 is 1.64 bits per heavy atom. The Morgan fingerprint density at radius 3 is 2.36 bits per heavy atom. The summed E-state index contributed by atoms with van der Waals surface area (Å²) in [6, 6.07) is 0. The number of hydrogen-bond donors (Lipinski definition) is 1. The molecule has 0 aliphatic rings. The second-order valence-corrected chi connectivity index (χ2v) is 2.36.